The first kappa shape index (κ1) is 19.3. The van der Waals surface area contributed by atoms with Crippen LogP contribution in [-0.4, -0.2) is 29.6 Å². The molecule has 0 radical (unpaired) electrons. The van der Waals surface area contributed by atoms with E-state index in [0.717, 1.165) is 28.1 Å². The predicted octanol–water partition coefficient (Wildman–Crippen LogP) is 4.28. The summed E-state index contributed by atoms with van der Waals surface area (Å²) in [5.74, 6) is 1.09. The van der Waals surface area contributed by atoms with Gasteiger partial charge in [-0.2, -0.15) is 0 Å². The maximum absolute atomic E-state index is 11.0. The SMILES string of the molecule is COc1cc(-c2nc(-c3ccccc3)c(-c3ccccc3)[nH]2)ccc1OCC(N)=O. The minimum absolute atomic E-state index is 0.216. The highest BCUT2D eigenvalue weighted by molar-refractivity contribution is 5.81. The molecule has 4 aromatic rings. The van der Waals surface area contributed by atoms with E-state index in [1.54, 1.807) is 13.2 Å². The predicted molar refractivity (Wildman–Crippen MR) is 116 cm³/mol. The van der Waals surface area contributed by atoms with E-state index in [-0.39, 0.29) is 6.61 Å². The van der Waals surface area contributed by atoms with Gasteiger partial charge in [-0.25, -0.2) is 4.98 Å². The molecule has 0 saturated heterocycles. The smallest absolute Gasteiger partial charge is 0.255 e. The molecular formula is C24H21N3O3. The lowest BCUT2D eigenvalue weighted by Gasteiger charge is -2.10. The topological polar surface area (TPSA) is 90.2 Å². The summed E-state index contributed by atoms with van der Waals surface area (Å²) in [6.45, 7) is -0.216. The number of aromatic amines is 1. The number of H-pyrrole nitrogens is 1. The van der Waals surface area contributed by atoms with Gasteiger partial charge in [0.1, 0.15) is 5.82 Å². The molecule has 0 aliphatic rings. The molecule has 0 fully saturated rings. The van der Waals surface area contributed by atoms with Gasteiger partial charge in [0, 0.05) is 16.7 Å². The van der Waals surface area contributed by atoms with Crippen molar-refractivity contribution in [3.63, 3.8) is 0 Å². The summed E-state index contributed by atoms with van der Waals surface area (Å²) >= 11 is 0. The second-order valence-electron chi connectivity index (χ2n) is 6.66. The number of rotatable bonds is 7. The van der Waals surface area contributed by atoms with Gasteiger partial charge < -0.3 is 20.2 Å². The second kappa shape index (κ2) is 8.53. The van der Waals surface area contributed by atoms with Gasteiger partial charge in [-0.1, -0.05) is 60.7 Å². The molecule has 0 aliphatic carbocycles. The molecule has 150 valence electrons. The number of nitrogens with two attached hydrogens (primary N) is 1. The maximum atomic E-state index is 11.0. The molecule has 3 aromatic carbocycles. The third kappa shape index (κ3) is 4.03. The highest BCUT2D eigenvalue weighted by atomic mass is 16.5. The average molecular weight is 399 g/mol. The Kier molecular flexibility index (Phi) is 5.48. The molecular weight excluding hydrogens is 378 g/mol. The van der Waals surface area contributed by atoms with Crippen molar-refractivity contribution >= 4 is 5.91 Å². The summed E-state index contributed by atoms with van der Waals surface area (Å²) in [6.07, 6.45) is 0. The van der Waals surface area contributed by atoms with Crippen molar-refractivity contribution in [3.8, 4) is 45.4 Å². The summed E-state index contributed by atoms with van der Waals surface area (Å²) in [5, 5.41) is 0. The number of ether oxygens (including phenoxy) is 2. The summed E-state index contributed by atoms with van der Waals surface area (Å²) < 4.78 is 10.8. The molecule has 6 heteroatoms. The van der Waals surface area contributed by atoms with Crippen molar-refractivity contribution in [2.24, 2.45) is 5.73 Å². The van der Waals surface area contributed by atoms with Crippen LogP contribution in [0, 0.1) is 0 Å². The molecule has 6 nitrogen and oxygen atoms in total. The zero-order chi connectivity index (χ0) is 20.9. The standard InChI is InChI=1S/C24H21N3O3/c1-29-20-14-18(12-13-19(20)30-15-21(25)28)24-26-22(16-8-4-2-5-9-16)23(27-24)17-10-6-3-7-11-17/h2-14H,15H2,1H3,(H2,25,28)(H,26,27). The van der Waals surface area contributed by atoms with E-state index in [1.165, 1.54) is 0 Å². The van der Waals surface area contributed by atoms with Gasteiger partial charge in [0.25, 0.3) is 5.91 Å². The molecule has 0 atom stereocenters. The Morgan fingerprint density at radius 2 is 1.57 bits per heavy atom. The molecule has 1 aromatic heterocycles. The Hall–Kier alpha value is -4.06. The zero-order valence-corrected chi connectivity index (χ0v) is 16.5. The quantitative estimate of drug-likeness (QED) is 0.485. The third-order valence-electron chi connectivity index (χ3n) is 4.62. The van der Waals surface area contributed by atoms with Gasteiger partial charge in [0.15, 0.2) is 18.1 Å². The lowest BCUT2D eigenvalue weighted by Crippen LogP contribution is -2.20. The summed E-state index contributed by atoms with van der Waals surface area (Å²) in [4.78, 5) is 19.3. The number of imidazole rings is 1. The normalized spacial score (nSPS) is 10.6. The van der Waals surface area contributed by atoms with Crippen molar-refractivity contribution in [3.05, 3.63) is 78.9 Å². The number of methoxy groups -OCH3 is 1. The number of benzene rings is 3. The average Bonchev–Trinajstić information content (AvgIpc) is 3.24. The van der Waals surface area contributed by atoms with E-state index in [2.05, 4.69) is 4.98 Å². The fourth-order valence-corrected chi connectivity index (χ4v) is 3.21. The van der Waals surface area contributed by atoms with Gasteiger partial charge in [0.2, 0.25) is 0 Å². The minimum atomic E-state index is -0.549. The van der Waals surface area contributed by atoms with E-state index in [9.17, 15) is 4.79 Å². The van der Waals surface area contributed by atoms with E-state index in [1.807, 2.05) is 72.8 Å². The monoisotopic (exact) mass is 399 g/mol. The van der Waals surface area contributed by atoms with Crippen LogP contribution in [0.25, 0.3) is 33.9 Å². The molecule has 1 heterocycles. The van der Waals surface area contributed by atoms with Gasteiger partial charge >= 0.3 is 0 Å². The number of carbonyl (C=O) groups is 1. The van der Waals surface area contributed by atoms with Crippen LogP contribution in [-0.2, 0) is 4.79 Å². The number of primary amides is 1. The third-order valence-corrected chi connectivity index (χ3v) is 4.62. The first-order valence-corrected chi connectivity index (χ1v) is 9.46. The zero-order valence-electron chi connectivity index (χ0n) is 16.5. The highest BCUT2D eigenvalue weighted by Crippen LogP contribution is 2.36. The second-order valence-corrected chi connectivity index (χ2v) is 6.66. The molecule has 0 spiro atoms. The van der Waals surface area contributed by atoms with E-state index in [0.29, 0.717) is 17.3 Å². The molecule has 3 N–H and O–H groups in total. The Balaban J connectivity index is 1.78. The summed E-state index contributed by atoms with van der Waals surface area (Å²) in [7, 11) is 1.54. The molecule has 30 heavy (non-hydrogen) atoms. The summed E-state index contributed by atoms with van der Waals surface area (Å²) in [5.41, 5.74) is 9.86. The van der Waals surface area contributed by atoms with Crippen LogP contribution in [0.1, 0.15) is 0 Å². The van der Waals surface area contributed by atoms with E-state index in [4.69, 9.17) is 20.2 Å². The van der Waals surface area contributed by atoms with Crippen molar-refractivity contribution in [2.75, 3.05) is 13.7 Å². The van der Waals surface area contributed by atoms with Crippen LogP contribution in [0.2, 0.25) is 0 Å². The first-order chi connectivity index (χ1) is 14.7. The number of nitrogens with one attached hydrogen (secondary N) is 1. The molecule has 4 rings (SSSR count). The van der Waals surface area contributed by atoms with Crippen LogP contribution in [0.5, 0.6) is 11.5 Å². The van der Waals surface area contributed by atoms with Crippen molar-refractivity contribution in [1.82, 2.24) is 9.97 Å². The van der Waals surface area contributed by atoms with E-state index >= 15 is 0 Å². The van der Waals surface area contributed by atoms with E-state index < -0.39 is 5.91 Å². The van der Waals surface area contributed by atoms with Crippen LogP contribution in [0.3, 0.4) is 0 Å². The highest BCUT2D eigenvalue weighted by Gasteiger charge is 2.16. The van der Waals surface area contributed by atoms with Gasteiger partial charge in [0.05, 0.1) is 18.5 Å². The van der Waals surface area contributed by atoms with Gasteiger partial charge in [-0.05, 0) is 18.2 Å². The molecule has 0 unspecified atom stereocenters. The Labute approximate surface area is 174 Å². The number of hydrogen-bond donors (Lipinski definition) is 2. The number of aromatic nitrogens is 2. The molecule has 0 saturated carbocycles. The Morgan fingerprint density at radius 3 is 2.20 bits per heavy atom. The van der Waals surface area contributed by atoms with Crippen LogP contribution in [0.4, 0.5) is 0 Å². The lowest BCUT2D eigenvalue weighted by molar-refractivity contribution is -0.119. The number of carbonyl (C=O) groups excluding carboxylic acids is 1. The van der Waals surface area contributed by atoms with Crippen LogP contribution in [0.15, 0.2) is 78.9 Å². The Bertz CT molecular complexity index is 1100. The Morgan fingerprint density at radius 1 is 0.900 bits per heavy atom. The number of amides is 1. The van der Waals surface area contributed by atoms with Gasteiger partial charge in [-0.15, -0.1) is 0 Å². The number of nitrogens with zero attached hydrogens (tertiary/aromatic N) is 1. The maximum Gasteiger partial charge on any atom is 0.255 e. The van der Waals surface area contributed by atoms with Crippen molar-refractivity contribution in [2.45, 2.75) is 0 Å². The van der Waals surface area contributed by atoms with Crippen LogP contribution >= 0.6 is 0 Å². The fraction of sp³-hybridized carbons (Fsp3) is 0.0833. The van der Waals surface area contributed by atoms with Crippen molar-refractivity contribution in [1.29, 1.82) is 0 Å². The first-order valence-electron chi connectivity index (χ1n) is 9.46. The fourth-order valence-electron chi connectivity index (χ4n) is 3.21. The molecule has 0 aliphatic heterocycles. The number of hydrogen-bond acceptors (Lipinski definition) is 4. The lowest BCUT2D eigenvalue weighted by atomic mass is 10.1. The summed E-state index contributed by atoms with van der Waals surface area (Å²) in [6, 6.07) is 25.5. The van der Waals surface area contributed by atoms with Gasteiger partial charge in [-0.3, -0.25) is 4.79 Å². The molecule has 0 bridgehead atoms. The molecule has 1 amide bonds. The minimum Gasteiger partial charge on any atom is -0.493 e. The van der Waals surface area contributed by atoms with Crippen LogP contribution < -0.4 is 15.2 Å². The van der Waals surface area contributed by atoms with Crippen molar-refractivity contribution < 1.29 is 14.3 Å². The largest absolute Gasteiger partial charge is 0.493 e.